The van der Waals surface area contributed by atoms with Crippen LogP contribution in [0, 0.1) is 9.49 Å². The fraction of sp³-hybridized carbons (Fsp3) is 0.176. The molecule has 1 N–H and O–H groups in total. The molecule has 3 rings (SSSR count). The molecule has 2 aromatic carbocycles. The highest BCUT2D eigenvalue weighted by Crippen LogP contribution is 2.27. The van der Waals surface area contributed by atoms with Crippen LogP contribution in [0.3, 0.4) is 0 Å². The Labute approximate surface area is 153 Å². The predicted molar refractivity (Wildman–Crippen MR) is 99.7 cm³/mol. The Morgan fingerprint density at radius 3 is 2.57 bits per heavy atom. The van der Waals surface area contributed by atoms with E-state index < -0.39 is 0 Å². The van der Waals surface area contributed by atoms with Gasteiger partial charge in [0.2, 0.25) is 11.8 Å². The number of amides is 2. The van der Waals surface area contributed by atoms with E-state index >= 15 is 0 Å². The van der Waals surface area contributed by atoms with Crippen LogP contribution in [0.25, 0.3) is 0 Å². The van der Waals surface area contributed by atoms with Crippen molar-refractivity contribution in [3.63, 3.8) is 0 Å². The number of hydrogen-bond acceptors (Lipinski definition) is 2. The summed E-state index contributed by atoms with van der Waals surface area (Å²) in [6.07, 6.45) is 0.220. The van der Waals surface area contributed by atoms with Crippen LogP contribution in [-0.4, -0.2) is 18.4 Å². The zero-order chi connectivity index (χ0) is 16.4. The van der Waals surface area contributed by atoms with Gasteiger partial charge in [-0.1, -0.05) is 23.7 Å². The molecular weight excluding hydrogens is 427 g/mol. The average Bonchev–Trinajstić information content (AvgIpc) is 2.92. The number of carbonyl (C=O) groups excluding carboxylic acids is 2. The molecule has 1 unspecified atom stereocenters. The number of hydrogen-bond donors (Lipinski definition) is 1. The zero-order valence-electron chi connectivity index (χ0n) is 12.1. The van der Waals surface area contributed by atoms with E-state index in [4.69, 9.17) is 11.6 Å². The molecule has 0 aliphatic carbocycles. The molecule has 1 fully saturated rings. The van der Waals surface area contributed by atoms with Crippen LogP contribution in [0.1, 0.15) is 6.42 Å². The maximum absolute atomic E-state index is 12.4. The van der Waals surface area contributed by atoms with Crippen molar-refractivity contribution in [2.24, 2.45) is 5.92 Å². The number of para-hydroxylation sites is 1. The first kappa shape index (κ1) is 16.3. The number of nitrogens with one attached hydrogen (secondary N) is 1. The lowest BCUT2D eigenvalue weighted by Crippen LogP contribution is -2.28. The third kappa shape index (κ3) is 3.67. The molecule has 2 amide bonds. The van der Waals surface area contributed by atoms with Gasteiger partial charge in [0, 0.05) is 27.2 Å². The summed E-state index contributed by atoms with van der Waals surface area (Å²) in [4.78, 5) is 26.3. The Bertz CT molecular complexity index is 749. The second-order valence-corrected chi connectivity index (χ2v) is 6.95. The van der Waals surface area contributed by atoms with Crippen LogP contribution in [0.2, 0.25) is 5.02 Å². The third-order valence-electron chi connectivity index (χ3n) is 3.77. The fourth-order valence-corrected chi connectivity index (χ4v) is 3.20. The fourth-order valence-electron chi connectivity index (χ4n) is 2.55. The minimum Gasteiger partial charge on any atom is -0.325 e. The van der Waals surface area contributed by atoms with Crippen molar-refractivity contribution >= 4 is 57.4 Å². The topological polar surface area (TPSA) is 49.4 Å². The molecular formula is C17H14ClIN2O2. The highest BCUT2D eigenvalue weighted by atomic mass is 127. The molecule has 1 aliphatic rings. The minimum absolute atomic E-state index is 0.0461. The molecule has 1 aliphatic heterocycles. The third-order valence-corrected chi connectivity index (χ3v) is 4.96. The Morgan fingerprint density at radius 1 is 1.17 bits per heavy atom. The van der Waals surface area contributed by atoms with Gasteiger partial charge in [0.25, 0.3) is 0 Å². The van der Waals surface area contributed by atoms with Crippen molar-refractivity contribution in [3.8, 4) is 0 Å². The summed E-state index contributed by atoms with van der Waals surface area (Å²) in [5.41, 5.74) is 1.54. The summed E-state index contributed by atoms with van der Waals surface area (Å²) in [5, 5.41) is 3.53. The van der Waals surface area contributed by atoms with Gasteiger partial charge in [0.15, 0.2) is 0 Å². The Balaban J connectivity index is 1.71. The Morgan fingerprint density at radius 2 is 1.87 bits per heavy atom. The van der Waals surface area contributed by atoms with E-state index in [1.54, 1.807) is 29.2 Å². The molecule has 23 heavy (non-hydrogen) atoms. The monoisotopic (exact) mass is 440 g/mol. The maximum atomic E-state index is 12.4. The predicted octanol–water partition coefficient (Wildman–Crippen LogP) is 3.94. The minimum atomic E-state index is -0.353. The lowest BCUT2D eigenvalue weighted by molar-refractivity contribution is -0.122. The first-order valence-electron chi connectivity index (χ1n) is 7.16. The number of carbonyl (C=O) groups is 2. The van der Waals surface area contributed by atoms with Crippen molar-refractivity contribution in [1.29, 1.82) is 0 Å². The van der Waals surface area contributed by atoms with Gasteiger partial charge in [-0.05, 0) is 59.0 Å². The molecule has 0 bridgehead atoms. The summed E-state index contributed by atoms with van der Waals surface area (Å²) in [7, 11) is 0. The molecule has 2 aromatic rings. The Kier molecular flexibility index (Phi) is 4.87. The molecule has 118 valence electrons. The van der Waals surface area contributed by atoms with Crippen molar-refractivity contribution in [2.75, 3.05) is 16.8 Å². The molecule has 4 nitrogen and oxygen atoms in total. The van der Waals surface area contributed by atoms with Crippen LogP contribution >= 0.6 is 34.2 Å². The van der Waals surface area contributed by atoms with Crippen molar-refractivity contribution in [1.82, 2.24) is 0 Å². The van der Waals surface area contributed by atoms with E-state index in [0.29, 0.717) is 11.6 Å². The van der Waals surface area contributed by atoms with Crippen LogP contribution < -0.4 is 10.2 Å². The van der Waals surface area contributed by atoms with Crippen LogP contribution in [0.5, 0.6) is 0 Å². The van der Waals surface area contributed by atoms with E-state index in [2.05, 4.69) is 27.9 Å². The molecule has 1 atom stereocenters. The van der Waals surface area contributed by atoms with Gasteiger partial charge < -0.3 is 10.2 Å². The standard InChI is InChI=1S/C17H14ClIN2O2/c18-12-5-7-13(8-6-12)21-10-11(9-16(21)22)17(23)20-15-4-2-1-3-14(15)19/h1-8,11H,9-10H2,(H,20,23). The van der Waals surface area contributed by atoms with Crippen LogP contribution in [0.4, 0.5) is 11.4 Å². The van der Waals surface area contributed by atoms with Crippen molar-refractivity contribution < 1.29 is 9.59 Å². The Hall–Kier alpha value is -1.60. The average molecular weight is 441 g/mol. The summed E-state index contributed by atoms with van der Waals surface area (Å²) in [5.74, 6) is -0.525. The van der Waals surface area contributed by atoms with E-state index in [1.165, 1.54) is 0 Å². The molecule has 0 aromatic heterocycles. The van der Waals surface area contributed by atoms with Gasteiger partial charge in [0.05, 0.1) is 11.6 Å². The first-order chi connectivity index (χ1) is 11.0. The highest BCUT2D eigenvalue weighted by molar-refractivity contribution is 14.1. The molecule has 0 saturated carbocycles. The van der Waals surface area contributed by atoms with Crippen molar-refractivity contribution in [2.45, 2.75) is 6.42 Å². The van der Waals surface area contributed by atoms with E-state index in [0.717, 1.165) is 14.9 Å². The second kappa shape index (κ2) is 6.88. The SMILES string of the molecule is O=C(Nc1ccccc1I)C1CC(=O)N(c2ccc(Cl)cc2)C1. The number of nitrogens with zero attached hydrogens (tertiary/aromatic N) is 1. The molecule has 0 spiro atoms. The molecule has 1 heterocycles. The molecule has 1 saturated heterocycles. The van der Waals surface area contributed by atoms with Gasteiger partial charge in [0.1, 0.15) is 0 Å². The smallest absolute Gasteiger partial charge is 0.229 e. The number of rotatable bonds is 3. The van der Waals surface area contributed by atoms with Crippen molar-refractivity contribution in [3.05, 3.63) is 57.1 Å². The lowest BCUT2D eigenvalue weighted by atomic mass is 10.1. The number of halogens is 2. The molecule has 0 radical (unpaired) electrons. The highest BCUT2D eigenvalue weighted by Gasteiger charge is 2.35. The summed E-state index contributed by atoms with van der Waals surface area (Å²) in [6, 6.07) is 14.6. The van der Waals surface area contributed by atoms with E-state index in [1.807, 2.05) is 24.3 Å². The van der Waals surface area contributed by atoms with Crippen LogP contribution in [0.15, 0.2) is 48.5 Å². The van der Waals surface area contributed by atoms with E-state index in [-0.39, 0.29) is 24.2 Å². The number of benzene rings is 2. The second-order valence-electron chi connectivity index (χ2n) is 5.35. The first-order valence-corrected chi connectivity index (χ1v) is 8.61. The van der Waals surface area contributed by atoms with Gasteiger partial charge >= 0.3 is 0 Å². The van der Waals surface area contributed by atoms with Gasteiger partial charge in [-0.3, -0.25) is 9.59 Å². The van der Waals surface area contributed by atoms with Gasteiger partial charge in [-0.15, -0.1) is 0 Å². The molecule has 6 heteroatoms. The summed E-state index contributed by atoms with van der Waals surface area (Å²) < 4.78 is 0.970. The van der Waals surface area contributed by atoms with Crippen LogP contribution in [-0.2, 0) is 9.59 Å². The normalized spacial score (nSPS) is 17.4. The lowest BCUT2D eigenvalue weighted by Gasteiger charge is -2.17. The summed E-state index contributed by atoms with van der Waals surface area (Å²) >= 11 is 8.04. The van der Waals surface area contributed by atoms with E-state index in [9.17, 15) is 9.59 Å². The zero-order valence-corrected chi connectivity index (χ0v) is 15.0. The van der Waals surface area contributed by atoms with Gasteiger partial charge in [-0.2, -0.15) is 0 Å². The largest absolute Gasteiger partial charge is 0.325 e. The van der Waals surface area contributed by atoms with Gasteiger partial charge in [-0.25, -0.2) is 0 Å². The number of anilines is 2. The summed E-state index contributed by atoms with van der Waals surface area (Å²) in [6.45, 7) is 0.385. The quantitative estimate of drug-likeness (QED) is 0.735. The maximum Gasteiger partial charge on any atom is 0.229 e.